The summed E-state index contributed by atoms with van der Waals surface area (Å²) in [5.41, 5.74) is 7.34. The van der Waals surface area contributed by atoms with Crippen molar-refractivity contribution in [1.82, 2.24) is 0 Å². The maximum absolute atomic E-state index is 6.24. The van der Waals surface area contributed by atoms with Gasteiger partial charge in [0, 0.05) is 22.5 Å². The molecular formula is C14H18BrNO2. The molecule has 98 valence electrons. The molecule has 2 N–H and O–H groups in total. The fourth-order valence-electron chi connectivity index (χ4n) is 2.84. The summed E-state index contributed by atoms with van der Waals surface area (Å²) in [5.74, 6) is 0.899. The molecule has 1 saturated heterocycles. The van der Waals surface area contributed by atoms with E-state index in [0.717, 1.165) is 35.0 Å². The van der Waals surface area contributed by atoms with E-state index in [1.807, 2.05) is 18.2 Å². The zero-order chi connectivity index (χ0) is 12.7. The molecule has 2 heterocycles. The van der Waals surface area contributed by atoms with E-state index in [0.29, 0.717) is 6.10 Å². The summed E-state index contributed by atoms with van der Waals surface area (Å²) < 4.78 is 13.0. The van der Waals surface area contributed by atoms with Crippen molar-refractivity contribution in [2.24, 2.45) is 5.73 Å². The topological polar surface area (TPSA) is 44.5 Å². The third-order valence-electron chi connectivity index (χ3n) is 3.82. The molecule has 4 heteroatoms. The molecule has 2 aliphatic rings. The molecule has 0 radical (unpaired) electrons. The van der Waals surface area contributed by atoms with Gasteiger partial charge in [-0.25, -0.2) is 0 Å². The molecule has 0 saturated carbocycles. The van der Waals surface area contributed by atoms with E-state index in [9.17, 15) is 0 Å². The summed E-state index contributed by atoms with van der Waals surface area (Å²) >= 11 is 3.47. The van der Waals surface area contributed by atoms with E-state index < -0.39 is 0 Å². The molecule has 0 spiro atoms. The summed E-state index contributed by atoms with van der Waals surface area (Å²) in [5, 5.41) is 0. The Hall–Kier alpha value is -0.580. The van der Waals surface area contributed by atoms with E-state index in [1.165, 1.54) is 0 Å². The second-order valence-corrected chi connectivity index (χ2v) is 6.16. The average molecular weight is 312 g/mol. The summed E-state index contributed by atoms with van der Waals surface area (Å²) in [6.07, 6.45) is 3.66. The highest BCUT2D eigenvalue weighted by Gasteiger charge is 2.36. The van der Waals surface area contributed by atoms with Crippen LogP contribution in [0.4, 0.5) is 0 Å². The highest BCUT2D eigenvalue weighted by atomic mass is 79.9. The van der Waals surface area contributed by atoms with Gasteiger partial charge in [-0.1, -0.05) is 22.0 Å². The van der Waals surface area contributed by atoms with Crippen LogP contribution in [0.2, 0.25) is 0 Å². The monoisotopic (exact) mass is 311 g/mol. The van der Waals surface area contributed by atoms with Crippen LogP contribution in [-0.2, 0) is 4.74 Å². The Morgan fingerprint density at radius 3 is 2.83 bits per heavy atom. The number of nitrogens with two attached hydrogens (primary N) is 1. The molecule has 2 aliphatic heterocycles. The highest BCUT2D eigenvalue weighted by Crippen LogP contribution is 2.38. The Labute approximate surface area is 116 Å². The Balaban J connectivity index is 1.82. The minimum absolute atomic E-state index is 0.0476. The maximum atomic E-state index is 6.24. The van der Waals surface area contributed by atoms with Gasteiger partial charge in [0.05, 0.1) is 12.2 Å². The summed E-state index contributed by atoms with van der Waals surface area (Å²) in [6.45, 7) is 2.12. The van der Waals surface area contributed by atoms with E-state index in [2.05, 4.69) is 22.9 Å². The molecule has 4 atom stereocenters. The van der Waals surface area contributed by atoms with Crippen molar-refractivity contribution in [3.8, 4) is 5.75 Å². The number of rotatable bonds is 1. The van der Waals surface area contributed by atoms with Gasteiger partial charge in [0.1, 0.15) is 11.9 Å². The van der Waals surface area contributed by atoms with Crippen molar-refractivity contribution >= 4 is 15.9 Å². The summed E-state index contributed by atoms with van der Waals surface area (Å²) in [7, 11) is 0. The molecular weight excluding hydrogens is 294 g/mol. The molecule has 3 unspecified atom stereocenters. The van der Waals surface area contributed by atoms with Gasteiger partial charge in [-0.3, -0.25) is 0 Å². The van der Waals surface area contributed by atoms with Crippen molar-refractivity contribution in [2.45, 2.75) is 50.5 Å². The first-order valence-electron chi connectivity index (χ1n) is 6.50. The molecule has 0 aliphatic carbocycles. The van der Waals surface area contributed by atoms with Crippen LogP contribution in [0.1, 0.15) is 37.8 Å². The van der Waals surface area contributed by atoms with Crippen molar-refractivity contribution in [3.05, 3.63) is 28.2 Å². The number of hydrogen-bond donors (Lipinski definition) is 1. The minimum Gasteiger partial charge on any atom is -0.487 e. The lowest BCUT2D eigenvalue weighted by molar-refractivity contribution is -0.0281. The second kappa shape index (κ2) is 4.83. The van der Waals surface area contributed by atoms with Crippen molar-refractivity contribution < 1.29 is 9.47 Å². The van der Waals surface area contributed by atoms with Crippen molar-refractivity contribution in [2.75, 3.05) is 0 Å². The van der Waals surface area contributed by atoms with Gasteiger partial charge in [0.15, 0.2) is 0 Å². The minimum atomic E-state index is 0.0476. The summed E-state index contributed by atoms with van der Waals surface area (Å²) in [4.78, 5) is 0. The highest BCUT2D eigenvalue weighted by molar-refractivity contribution is 9.10. The quantitative estimate of drug-likeness (QED) is 0.866. The van der Waals surface area contributed by atoms with E-state index >= 15 is 0 Å². The van der Waals surface area contributed by atoms with Crippen LogP contribution < -0.4 is 10.5 Å². The first kappa shape index (κ1) is 12.5. The molecule has 1 aromatic carbocycles. The van der Waals surface area contributed by atoms with Crippen LogP contribution in [-0.4, -0.2) is 18.3 Å². The number of hydrogen-bond acceptors (Lipinski definition) is 3. The Bertz CT molecular complexity index is 451. The zero-order valence-electron chi connectivity index (χ0n) is 10.4. The van der Waals surface area contributed by atoms with Gasteiger partial charge in [-0.2, -0.15) is 0 Å². The third-order valence-corrected chi connectivity index (χ3v) is 4.31. The van der Waals surface area contributed by atoms with Gasteiger partial charge >= 0.3 is 0 Å². The lowest BCUT2D eigenvalue weighted by atomic mass is 9.94. The Morgan fingerprint density at radius 2 is 2.11 bits per heavy atom. The van der Waals surface area contributed by atoms with E-state index in [1.54, 1.807) is 0 Å². The molecule has 0 amide bonds. The van der Waals surface area contributed by atoms with Crippen LogP contribution in [0.5, 0.6) is 5.75 Å². The van der Waals surface area contributed by atoms with Crippen molar-refractivity contribution in [3.63, 3.8) is 0 Å². The van der Waals surface area contributed by atoms with Gasteiger partial charge in [0.2, 0.25) is 0 Å². The van der Waals surface area contributed by atoms with Crippen LogP contribution in [0.3, 0.4) is 0 Å². The van der Waals surface area contributed by atoms with Crippen LogP contribution in [0.25, 0.3) is 0 Å². The number of ether oxygens (including phenoxy) is 2. The molecule has 1 fully saturated rings. The van der Waals surface area contributed by atoms with Gasteiger partial charge in [-0.15, -0.1) is 0 Å². The molecule has 3 rings (SSSR count). The fourth-order valence-corrected chi connectivity index (χ4v) is 3.18. The zero-order valence-corrected chi connectivity index (χ0v) is 12.0. The molecule has 1 aromatic rings. The summed E-state index contributed by atoms with van der Waals surface area (Å²) in [6, 6.07) is 6.10. The normalized spacial score (nSPS) is 35.1. The molecule has 0 bridgehead atoms. The number of benzene rings is 1. The first-order chi connectivity index (χ1) is 8.63. The van der Waals surface area contributed by atoms with Gasteiger partial charge < -0.3 is 15.2 Å². The fraction of sp³-hybridized carbons (Fsp3) is 0.571. The molecule has 3 nitrogen and oxygen atoms in total. The Kier molecular flexibility index (Phi) is 3.34. The van der Waals surface area contributed by atoms with E-state index in [-0.39, 0.29) is 18.2 Å². The van der Waals surface area contributed by atoms with E-state index in [4.69, 9.17) is 15.2 Å². The third kappa shape index (κ3) is 2.29. The SMILES string of the molecule is CC1CCC(C2C[C@H](N)c3ccc(Br)cc3O2)O1. The first-order valence-corrected chi connectivity index (χ1v) is 7.30. The van der Waals surface area contributed by atoms with Gasteiger partial charge in [0.25, 0.3) is 0 Å². The lowest BCUT2D eigenvalue weighted by Gasteiger charge is -2.33. The van der Waals surface area contributed by atoms with Crippen LogP contribution in [0, 0.1) is 0 Å². The molecule has 18 heavy (non-hydrogen) atoms. The predicted molar refractivity (Wildman–Crippen MR) is 73.7 cm³/mol. The smallest absolute Gasteiger partial charge is 0.127 e. The largest absolute Gasteiger partial charge is 0.487 e. The maximum Gasteiger partial charge on any atom is 0.127 e. The standard InChI is InChI=1S/C14H18BrNO2/c1-8-2-5-12(17-8)14-7-11(16)10-4-3-9(15)6-13(10)18-14/h3-4,6,8,11-12,14H,2,5,7,16H2,1H3/t8?,11-,12?,14?/m0/s1. The predicted octanol–water partition coefficient (Wildman–Crippen LogP) is 3.17. The molecule has 0 aromatic heterocycles. The number of fused-ring (bicyclic) bond motifs is 1. The average Bonchev–Trinajstić information content (AvgIpc) is 2.75. The second-order valence-electron chi connectivity index (χ2n) is 5.24. The lowest BCUT2D eigenvalue weighted by Crippen LogP contribution is -2.38. The van der Waals surface area contributed by atoms with Gasteiger partial charge in [-0.05, 0) is 31.9 Å². The van der Waals surface area contributed by atoms with Crippen LogP contribution >= 0.6 is 15.9 Å². The van der Waals surface area contributed by atoms with Crippen molar-refractivity contribution in [1.29, 1.82) is 0 Å². The Morgan fingerprint density at radius 1 is 1.28 bits per heavy atom. The van der Waals surface area contributed by atoms with Crippen LogP contribution in [0.15, 0.2) is 22.7 Å². The number of halogens is 1.